The molecule has 1 aliphatic rings. The Balaban J connectivity index is 0.00000147. The van der Waals surface area contributed by atoms with E-state index in [4.69, 9.17) is 0 Å². The number of hydrogen-bond acceptors (Lipinski definition) is 3. The molecule has 0 aliphatic heterocycles. The Bertz CT molecular complexity index is 589. The van der Waals surface area contributed by atoms with Crippen LogP contribution in [-0.4, -0.2) is 10.9 Å². The zero-order valence-corrected chi connectivity index (χ0v) is 13.9. The van der Waals surface area contributed by atoms with Gasteiger partial charge in [-0.3, -0.25) is 10.1 Å². The molecule has 3 nitrogen and oxygen atoms in total. The molecule has 1 aromatic heterocycles. The quantitative estimate of drug-likeness (QED) is 0.844. The van der Waals surface area contributed by atoms with Gasteiger partial charge in [0.2, 0.25) is 0 Å². The molecule has 0 atom stereocenters. The summed E-state index contributed by atoms with van der Waals surface area (Å²) >= 11 is 4.97. The van der Waals surface area contributed by atoms with Crippen molar-refractivity contribution >= 4 is 50.7 Å². The van der Waals surface area contributed by atoms with Crippen LogP contribution < -0.4 is 5.32 Å². The maximum Gasteiger partial charge on any atom is 0.257 e. The first kappa shape index (κ1) is 15.5. The molecule has 1 heterocycles. The van der Waals surface area contributed by atoms with Crippen molar-refractivity contribution in [3.05, 3.63) is 44.9 Å². The van der Waals surface area contributed by atoms with Gasteiger partial charge in [-0.15, -0.1) is 23.7 Å². The molecule has 3 rings (SSSR count). The molecule has 0 saturated heterocycles. The number of carbonyl (C=O) groups is 1. The number of rotatable bonds is 2. The molecule has 6 heteroatoms. The Morgan fingerprint density at radius 2 is 1.90 bits per heavy atom. The lowest BCUT2D eigenvalue weighted by atomic mass is 10.0. The van der Waals surface area contributed by atoms with Crippen molar-refractivity contribution < 1.29 is 4.79 Å². The van der Waals surface area contributed by atoms with Crippen molar-refractivity contribution in [3.8, 4) is 0 Å². The Morgan fingerprint density at radius 1 is 1.20 bits per heavy atom. The van der Waals surface area contributed by atoms with E-state index in [-0.39, 0.29) is 18.3 Å². The summed E-state index contributed by atoms with van der Waals surface area (Å²) < 4.78 is 0.966. The number of nitrogens with one attached hydrogen (secondary N) is 1. The molecular formula is C14H14BrClN2OS. The van der Waals surface area contributed by atoms with Crippen LogP contribution >= 0.6 is 39.7 Å². The fourth-order valence-electron chi connectivity index (χ4n) is 2.18. The SMILES string of the molecule is Cl.O=C(Nc1nc2c(s1)CCCC2)c1ccc(Br)cc1. The highest BCUT2D eigenvalue weighted by atomic mass is 79.9. The van der Waals surface area contributed by atoms with E-state index < -0.39 is 0 Å². The van der Waals surface area contributed by atoms with Crippen molar-refractivity contribution in [3.63, 3.8) is 0 Å². The van der Waals surface area contributed by atoms with Crippen LogP contribution in [0, 0.1) is 0 Å². The van der Waals surface area contributed by atoms with Gasteiger partial charge in [0.1, 0.15) is 0 Å². The van der Waals surface area contributed by atoms with E-state index in [1.165, 1.54) is 23.4 Å². The number of carbonyl (C=O) groups excluding carboxylic acids is 1. The van der Waals surface area contributed by atoms with Gasteiger partial charge in [-0.1, -0.05) is 15.9 Å². The molecule has 20 heavy (non-hydrogen) atoms. The second-order valence-corrected chi connectivity index (χ2v) is 6.56. The molecule has 1 amide bonds. The summed E-state index contributed by atoms with van der Waals surface area (Å²) in [6.07, 6.45) is 4.58. The standard InChI is InChI=1S/C14H13BrN2OS.ClH/c15-10-7-5-9(6-8-10)13(18)17-14-16-11-3-1-2-4-12(11)19-14;/h5-8H,1-4H2,(H,16,17,18);1H. The Morgan fingerprint density at radius 3 is 2.60 bits per heavy atom. The first-order chi connectivity index (χ1) is 9.22. The molecule has 0 spiro atoms. The van der Waals surface area contributed by atoms with Gasteiger partial charge in [-0.2, -0.15) is 0 Å². The topological polar surface area (TPSA) is 42.0 Å². The summed E-state index contributed by atoms with van der Waals surface area (Å²) in [7, 11) is 0. The third-order valence-corrected chi connectivity index (χ3v) is 4.77. The van der Waals surface area contributed by atoms with Gasteiger partial charge in [0.25, 0.3) is 5.91 Å². The van der Waals surface area contributed by atoms with Crippen LogP contribution in [0.1, 0.15) is 33.8 Å². The predicted octanol–water partition coefficient (Wildman–Crippen LogP) is 4.46. The molecule has 0 saturated carbocycles. The average Bonchev–Trinajstić information content (AvgIpc) is 2.81. The summed E-state index contributed by atoms with van der Waals surface area (Å²) in [4.78, 5) is 17.9. The molecule has 106 valence electrons. The number of nitrogens with zero attached hydrogens (tertiary/aromatic N) is 1. The number of halogens is 2. The Labute approximate surface area is 136 Å². The lowest BCUT2D eigenvalue weighted by molar-refractivity contribution is 0.102. The first-order valence-electron chi connectivity index (χ1n) is 6.28. The number of benzene rings is 1. The van der Waals surface area contributed by atoms with Gasteiger partial charge in [-0.05, 0) is 49.9 Å². The second kappa shape index (κ2) is 6.70. The maximum absolute atomic E-state index is 12.1. The molecule has 0 bridgehead atoms. The van der Waals surface area contributed by atoms with E-state index in [0.717, 1.165) is 22.4 Å². The minimum Gasteiger partial charge on any atom is -0.298 e. The minimum absolute atomic E-state index is 0. The van der Waals surface area contributed by atoms with Crippen molar-refractivity contribution in [2.45, 2.75) is 25.7 Å². The van der Waals surface area contributed by atoms with Gasteiger partial charge in [0.15, 0.2) is 5.13 Å². The fourth-order valence-corrected chi connectivity index (χ4v) is 3.49. The van der Waals surface area contributed by atoms with E-state index in [2.05, 4.69) is 26.2 Å². The van der Waals surface area contributed by atoms with Crippen LogP contribution in [0.4, 0.5) is 5.13 Å². The summed E-state index contributed by atoms with van der Waals surface area (Å²) in [5.41, 5.74) is 1.82. The van der Waals surface area contributed by atoms with E-state index in [1.54, 1.807) is 23.5 Å². The van der Waals surface area contributed by atoms with Crippen molar-refractivity contribution in [2.75, 3.05) is 5.32 Å². The molecule has 1 aromatic carbocycles. The third-order valence-electron chi connectivity index (χ3n) is 3.17. The van der Waals surface area contributed by atoms with Gasteiger partial charge in [-0.25, -0.2) is 4.98 Å². The number of aryl methyl sites for hydroxylation is 2. The second-order valence-electron chi connectivity index (χ2n) is 4.56. The normalized spacial score (nSPS) is 13.2. The molecule has 0 fully saturated rings. The zero-order valence-electron chi connectivity index (χ0n) is 10.7. The van der Waals surface area contributed by atoms with Gasteiger partial charge < -0.3 is 0 Å². The summed E-state index contributed by atoms with van der Waals surface area (Å²) in [6.45, 7) is 0. The van der Waals surface area contributed by atoms with Crippen molar-refractivity contribution in [2.24, 2.45) is 0 Å². The van der Waals surface area contributed by atoms with Crippen LogP contribution in [0.25, 0.3) is 0 Å². The van der Waals surface area contributed by atoms with E-state index in [0.29, 0.717) is 5.56 Å². The van der Waals surface area contributed by atoms with Crippen LogP contribution in [0.2, 0.25) is 0 Å². The number of fused-ring (bicyclic) bond motifs is 1. The van der Waals surface area contributed by atoms with Crippen LogP contribution in [-0.2, 0) is 12.8 Å². The van der Waals surface area contributed by atoms with Gasteiger partial charge in [0.05, 0.1) is 5.69 Å². The Kier molecular flexibility index (Phi) is 5.18. The number of aromatic nitrogens is 1. The van der Waals surface area contributed by atoms with Crippen LogP contribution in [0.5, 0.6) is 0 Å². The summed E-state index contributed by atoms with van der Waals surface area (Å²) in [6, 6.07) is 7.32. The van der Waals surface area contributed by atoms with Crippen LogP contribution in [0.15, 0.2) is 28.7 Å². The summed E-state index contributed by atoms with van der Waals surface area (Å²) in [5.74, 6) is -0.0985. The lowest BCUT2D eigenvalue weighted by Crippen LogP contribution is -2.11. The van der Waals surface area contributed by atoms with Crippen molar-refractivity contribution in [1.29, 1.82) is 0 Å². The smallest absolute Gasteiger partial charge is 0.257 e. The van der Waals surface area contributed by atoms with E-state index >= 15 is 0 Å². The highest BCUT2D eigenvalue weighted by Gasteiger charge is 2.16. The predicted molar refractivity (Wildman–Crippen MR) is 88.1 cm³/mol. The highest BCUT2D eigenvalue weighted by Crippen LogP contribution is 2.29. The number of hydrogen-bond donors (Lipinski definition) is 1. The third kappa shape index (κ3) is 3.40. The first-order valence-corrected chi connectivity index (χ1v) is 7.89. The molecule has 0 unspecified atom stereocenters. The molecular weight excluding hydrogens is 360 g/mol. The molecule has 2 aromatic rings. The van der Waals surface area contributed by atoms with E-state index in [9.17, 15) is 4.79 Å². The largest absolute Gasteiger partial charge is 0.298 e. The van der Waals surface area contributed by atoms with Gasteiger partial charge in [0, 0.05) is 14.9 Å². The zero-order chi connectivity index (χ0) is 13.2. The average molecular weight is 374 g/mol. The number of anilines is 1. The molecule has 1 aliphatic carbocycles. The van der Waals surface area contributed by atoms with Crippen LogP contribution in [0.3, 0.4) is 0 Å². The highest BCUT2D eigenvalue weighted by molar-refractivity contribution is 9.10. The maximum atomic E-state index is 12.1. The monoisotopic (exact) mass is 372 g/mol. The van der Waals surface area contributed by atoms with E-state index in [1.807, 2.05) is 12.1 Å². The molecule has 0 radical (unpaired) electrons. The lowest BCUT2D eigenvalue weighted by Gasteiger charge is -2.06. The summed E-state index contributed by atoms with van der Waals surface area (Å²) in [5, 5.41) is 3.61. The number of amides is 1. The minimum atomic E-state index is -0.0985. The number of thiazole rings is 1. The Hall–Kier alpha value is -0.910. The molecule has 1 N–H and O–H groups in total. The fraction of sp³-hybridized carbons (Fsp3) is 0.286. The van der Waals surface area contributed by atoms with Gasteiger partial charge >= 0.3 is 0 Å². The van der Waals surface area contributed by atoms with Crippen molar-refractivity contribution in [1.82, 2.24) is 4.98 Å².